The summed E-state index contributed by atoms with van der Waals surface area (Å²) in [5.74, 6) is 0. The second-order valence-corrected chi connectivity index (χ2v) is 10.3. The van der Waals surface area contributed by atoms with E-state index in [1.165, 1.54) is 0 Å². The first-order valence-electron chi connectivity index (χ1n) is 11.1. The largest absolute Gasteiger partial charge is 0.444 e. The summed E-state index contributed by atoms with van der Waals surface area (Å²) >= 11 is 0. The summed E-state index contributed by atoms with van der Waals surface area (Å²) in [4.78, 5) is 21.5. The smallest absolute Gasteiger partial charge is 0.410 e. The molecule has 33 heavy (non-hydrogen) atoms. The number of amides is 1. The molecule has 8 heteroatoms. The fourth-order valence-electron chi connectivity index (χ4n) is 3.90. The molecule has 0 saturated carbocycles. The minimum absolute atomic E-state index is 0.283. The molecule has 1 amide bonds. The fraction of sp³-hybridized carbons (Fsp3) is 0.360. The number of carbonyl (C=O) groups is 1. The van der Waals surface area contributed by atoms with Gasteiger partial charge < -0.3 is 14.5 Å². The zero-order chi connectivity index (χ0) is 23.6. The highest BCUT2D eigenvalue weighted by molar-refractivity contribution is 7.86. The molecule has 0 spiro atoms. The third kappa shape index (κ3) is 5.27. The highest BCUT2D eigenvalue weighted by Gasteiger charge is 2.27. The molecule has 1 aliphatic rings. The van der Waals surface area contributed by atoms with Gasteiger partial charge in [0.2, 0.25) is 0 Å². The standard InChI is InChI=1S/C25H30N4O3S/c1-18-11-12-22(19-8-7-13-26-23(18)19)33(31)27-20-9-5-6-10-21(20)28-14-16-29(17-15-28)24(30)32-25(2,3)4/h5-13,27H,14-17H2,1-4H3. The number of aromatic nitrogens is 1. The number of nitrogens with one attached hydrogen (secondary N) is 1. The van der Waals surface area contributed by atoms with Gasteiger partial charge in [0.25, 0.3) is 0 Å². The average molecular weight is 467 g/mol. The molecule has 2 heterocycles. The second kappa shape index (κ2) is 9.39. The number of carbonyl (C=O) groups excluding carboxylic acids is 1. The van der Waals surface area contributed by atoms with Crippen LogP contribution in [0.5, 0.6) is 0 Å². The maximum atomic E-state index is 13.3. The number of fused-ring (bicyclic) bond motifs is 1. The number of benzene rings is 2. The van der Waals surface area contributed by atoms with Gasteiger partial charge in [0, 0.05) is 37.8 Å². The van der Waals surface area contributed by atoms with Crippen LogP contribution in [0.2, 0.25) is 0 Å². The Morgan fingerprint density at radius 3 is 2.48 bits per heavy atom. The maximum absolute atomic E-state index is 13.3. The Kier molecular flexibility index (Phi) is 6.56. The van der Waals surface area contributed by atoms with Crippen molar-refractivity contribution in [2.75, 3.05) is 35.8 Å². The van der Waals surface area contributed by atoms with Crippen LogP contribution in [0.3, 0.4) is 0 Å². The molecule has 1 saturated heterocycles. The summed E-state index contributed by atoms with van der Waals surface area (Å²) in [5.41, 5.74) is 3.15. The summed E-state index contributed by atoms with van der Waals surface area (Å²) in [6, 6.07) is 15.5. The van der Waals surface area contributed by atoms with E-state index in [9.17, 15) is 9.00 Å². The predicted octanol–water partition coefficient (Wildman–Crippen LogP) is 4.74. The van der Waals surface area contributed by atoms with E-state index in [-0.39, 0.29) is 6.09 Å². The van der Waals surface area contributed by atoms with Gasteiger partial charge in [0.15, 0.2) is 11.0 Å². The van der Waals surface area contributed by atoms with Crippen LogP contribution in [0.4, 0.5) is 16.2 Å². The van der Waals surface area contributed by atoms with Gasteiger partial charge in [-0.25, -0.2) is 9.00 Å². The summed E-state index contributed by atoms with van der Waals surface area (Å²) in [6.07, 6.45) is 1.47. The molecule has 4 rings (SSSR count). The number of hydrogen-bond acceptors (Lipinski definition) is 5. The van der Waals surface area contributed by atoms with Crippen LogP contribution < -0.4 is 9.62 Å². The Balaban J connectivity index is 1.50. The number of nitrogens with zero attached hydrogens (tertiary/aromatic N) is 3. The topological polar surface area (TPSA) is 74.8 Å². The Hall–Kier alpha value is -3.13. The van der Waals surface area contributed by atoms with E-state index in [2.05, 4.69) is 14.6 Å². The lowest BCUT2D eigenvalue weighted by atomic mass is 10.1. The molecule has 1 aromatic heterocycles. The lowest BCUT2D eigenvalue weighted by molar-refractivity contribution is 0.0240. The first-order valence-corrected chi connectivity index (χ1v) is 12.2. The van der Waals surface area contributed by atoms with Crippen molar-refractivity contribution in [1.29, 1.82) is 0 Å². The van der Waals surface area contributed by atoms with E-state index in [1.807, 2.05) is 76.2 Å². The first kappa shape index (κ1) is 23.0. The van der Waals surface area contributed by atoms with Gasteiger partial charge in [-0.1, -0.05) is 18.2 Å². The zero-order valence-corrected chi connectivity index (χ0v) is 20.3. The highest BCUT2D eigenvalue weighted by atomic mass is 32.2. The fourth-order valence-corrected chi connectivity index (χ4v) is 4.93. The van der Waals surface area contributed by atoms with Crippen LogP contribution >= 0.6 is 0 Å². The number of piperazine rings is 1. The second-order valence-electron chi connectivity index (χ2n) is 9.12. The van der Waals surface area contributed by atoms with Gasteiger partial charge >= 0.3 is 6.09 Å². The number of rotatable bonds is 4. The Morgan fingerprint density at radius 2 is 1.76 bits per heavy atom. The molecular formula is C25H30N4O3S. The Labute approximate surface area is 197 Å². The van der Waals surface area contributed by atoms with Crippen molar-refractivity contribution >= 4 is 39.4 Å². The van der Waals surface area contributed by atoms with Crippen molar-refractivity contribution in [2.24, 2.45) is 0 Å². The number of pyridine rings is 1. The molecule has 0 radical (unpaired) electrons. The summed E-state index contributed by atoms with van der Waals surface area (Å²) in [7, 11) is -1.46. The van der Waals surface area contributed by atoms with Crippen LogP contribution in [-0.2, 0) is 15.7 Å². The van der Waals surface area contributed by atoms with E-state index >= 15 is 0 Å². The van der Waals surface area contributed by atoms with E-state index in [4.69, 9.17) is 4.74 Å². The quantitative estimate of drug-likeness (QED) is 0.601. The van der Waals surface area contributed by atoms with E-state index in [0.29, 0.717) is 31.1 Å². The van der Waals surface area contributed by atoms with Gasteiger partial charge in [-0.15, -0.1) is 0 Å². The van der Waals surface area contributed by atoms with Crippen molar-refractivity contribution in [1.82, 2.24) is 9.88 Å². The van der Waals surface area contributed by atoms with Crippen molar-refractivity contribution in [2.45, 2.75) is 38.2 Å². The molecule has 1 aliphatic heterocycles. The van der Waals surface area contributed by atoms with Crippen LogP contribution in [-0.4, -0.2) is 52.0 Å². The van der Waals surface area contributed by atoms with E-state index in [1.54, 1.807) is 11.1 Å². The molecule has 1 N–H and O–H groups in total. The van der Waals surface area contributed by atoms with Crippen molar-refractivity contribution < 1.29 is 13.7 Å². The minimum atomic E-state index is -1.46. The molecule has 2 aromatic carbocycles. The number of anilines is 2. The van der Waals surface area contributed by atoms with Gasteiger partial charge in [-0.2, -0.15) is 0 Å². The van der Waals surface area contributed by atoms with E-state index < -0.39 is 16.6 Å². The molecule has 0 aliphatic carbocycles. The zero-order valence-electron chi connectivity index (χ0n) is 19.5. The van der Waals surface area contributed by atoms with Gasteiger partial charge in [-0.05, 0) is 63.6 Å². The molecule has 1 unspecified atom stereocenters. The van der Waals surface area contributed by atoms with Crippen LogP contribution in [0.25, 0.3) is 10.9 Å². The van der Waals surface area contributed by atoms with Crippen molar-refractivity contribution in [3.8, 4) is 0 Å². The lowest BCUT2D eigenvalue weighted by Gasteiger charge is -2.37. The lowest BCUT2D eigenvalue weighted by Crippen LogP contribution is -2.50. The molecule has 0 bridgehead atoms. The summed E-state index contributed by atoms with van der Waals surface area (Å²) in [6.45, 7) is 10.1. The third-order valence-corrected chi connectivity index (χ3v) is 6.67. The number of aryl methyl sites for hydroxylation is 1. The molecule has 1 fully saturated rings. The SMILES string of the molecule is Cc1ccc(S(=O)Nc2ccccc2N2CCN(C(=O)OC(C)(C)C)CC2)c2cccnc12. The molecule has 7 nitrogen and oxygen atoms in total. The molecule has 174 valence electrons. The molecule has 3 aromatic rings. The number of para-hydroxylation sites is 2. The highest BCUT2D eigenvalue weighted by Crippen LogP contribution is 2.30. The third-order valence-electron chi connectivity index (χ3n) is 5.51. The number of ether oxygens (including phenoxy) is 1. The van der Waals surface area contributed by atoms with Crippen molar-refractivity contribution in [3.05, 3.63) is 60.3 Å². The van der Waals surface area contributed by atoms with Crippen LogP contribution in [0.1, 0.15) is 26.3 Å². The van der Waals surface area contributed by atoms with Crippen LogP contribution in [0, 0.1) is 6.92 Å². The normalized spacial score (nSPS) is 15.4. The van der Waals surface area contributed by atoms with Crippen molar-refractivity contribution in [3.63, 3.8) is 0 Å². The maximum Gasteiger partial charge on any atom is 0.410 e. The average Bonchev–Trinajstić information content (AvgIpc) is 2.79. The van der Waals surface area contributed by atoms with Gasteiger partial charge in [0.05, 0.1) is 21.8 Å². The van der Waals surface area contributed by atoms with E-state index in [0.717, 1.165) is 27.8 Å². The molecular weight excluding hydrogens is 436 g/mol. The summed E-state index contributed by atoms with van der Waals surface area (Å²) < 4.78 is 22.0. The molecule has 1 atom stereocenters. The number of hydrogen-bond donors (Lipinski definition) is 1. The predicted molar refractivity (Wildman–Crippen MR) is 133 cm³/mol. The Bertz CT molecular complexity index is 1180. The minimum Gasteiger partial charge on any atom is -0.444 e. The van der Waals surface area contributed by atoms with Crippen LogP contribution in [0.15, 0.2) is 59.6 Å². The Morgan fingerprint density at radius 1 is 1.03 bits per heavy atom. The monoisotopic (exact) mass is 466 g/mol. The first-order chi connectivity index (χ1) is 15.7. The summed E-state index contributed by atoms with van der Waals surface area (Å²) in [5, 5.41) is 0.881. The van der Waals surface area contributed by atoms with Gasteiger partial charge in [0.1, 0.15) is 5.60 Å². The van der Waals surface area contributed by atoms with Gasteiger partial charge in [-0.3, -0.25) is 9.71 Å².